The Kier molecular flexibility index (Phi) is 2.37. The first-order chi connectivity index (χ1) is 4.74. The van der Waals surface area contributed by atoms with E-state index in [1.807, 2.05) is 6.07 Å². The fourth-order valence-electron chi connectivity index (χ4n) is 0.663. The van der Waals surface area contributed by atoms with Gasteiger partial charge in [-0.15, -0.1) is 0 Å². The third-order valence-electron chi connectivity index (χ3n) is 1.14. The van der Waals surface area contributed by atoms with Crippen molar-refractivity contribution in [3.8, 4) is 11.5 Å². The van der Waals surface area contributed by atoms with Crippen LogP contribution in [0.3, 0.4) is 0 Å². The average molecular weight is 250 g/mol. The molecule has 0 spiro atoms. The molecule has 0 atom stereocenters. The van der Waals surface area contributed by atoms with Crippen LogP contribution in [0.4, 0.5) is 0 Å². The van der Waals surface area contributed by atoms with Crippen molar-refractivity contribution in [1.82, 2.24) is 0 Å². The highest BCUT2D eigenvalue weighted by molar-refractivity contribution is 14.1. The monoisotopic (exact) mass is 250 g/mol. The summed E-state index contributed by atoms with van der Waals surface area (Å²) in [7, 11) is 1.53. The van der Waals surface area contributed by atoms with Crippen LogP contribution >= 0.6 is 22.6 Å². The minimum Gasteiger partial charge on any atom is -0.504 e. The summed E-state index contributed by atoms with van der Waals surface area (Å²) in [5.41, 5.74) is 0. The smallest absolute Gasteiger partial charge is 0.160 e. The molecule has 0 saturated heterocycles. The molecule has 0 aromatic heterocycles. The maximum atomic E-state index is 9.16. The standard InChI is InChI=1S/C7H7IO2/c1-10-7-3-2-5(8)4-6(7)9/h2-4,9H,1H3. The Labute approximate surface area is 73.0 Å². The molecule has 0 heterocycles. The second-order valence-electron chi connectivity index (χ2n) is 1.82. The number of hydrogen-bond donors (Lipinski definition) is 1. The summed E-state index contributed by atoms with van der Waals surface area (Å²) in [6.07, 6.45) is 0. The quantitative estimate of drug-likeness (QED) is 0.772. The van der Waals surface area contributed by atoms with Gasteiger partial charge in [-0.3, -0.25) is 0 Å². The van der Waals surface area contributed by atoms with Gasteiger partial charge >= 0.3 is 0 Å². The molecule has 54 valence electrons. The maximum Gasteiger partial charge on any atom is 0.160 e. The van der Waals surface area contributed by atoms with Crippen LogP contribution in [0.15, 0.2) is 18.2 Å². The van der Waals surface area contributed by atoms with E-state index in [4.69, 9.17) is 9.84 Å². The third kappa shape index (κ3) is 1.53. The predicted octanol–water partition coefficient (Wildman–Crippen LogP) is 2.01. The van der Waals surface area contributed by atoms with Crippen LogP contribution in [-0.4, -0.2) is 12.2 Å². The molecule has 1 N–H and O–H groups in total. The highest BCUT2D eigenvalue weighted by Crippen LogP contribution is 2.26. The van der Waals surface area contributed by atoms with Crippen molar-refractivity contribution in [3.05, 3.63) is 21.8 Å². The summed E-state index contributed by atoms with van der Waals surface area (Å²) >= 11 is 2.12. The summed E-state index contributed by atoms with van der Waals surface area (Å²) in [6, 6.07) is 5.26. The predicted molar refractivity (Wildman–Crippen MR) is 47.4 cm³/mol. The first-order valence-corrected chi connectivity index (χ1v) is 3.84. The largest absolute Gasteiger partial charge is 0.504 e. The Morgan fingerprint density at radius 1 is 1.50 bits per heavy atom. The lowest BCUT2D eigenvalue weighted by Gasteiger charge is -2.01. The summed E-state index contributed by atoms with van der Waals surface area (Å²) < 4.78 is 5.84. The minimum atomic E-state index is 0.189. The number of methoxy groups -OCH3 is 1. The summed E-state index contributed by atoms with van der Waals surface area (Å²) in [4.78, 5) is 0. The molecule has 0 unspecified atom stereocenters. The van der Waals surface area contributed by atoms with Crippen LogP contribution in [0.25, 0.3) is 0 Å². The van der Waals surface area contributed by atoms with E-state index in [2.05, 4.69) is 22.6 Å². The summed E-state index contributed by atoms with van der Waals surface area (Å²) in [5.74, 6) is 0.704. The molecule has 3 heteroatoms. The van der Waals surface area contributed by atoms with Crippen LogP contribution in [0.1, 0.15) is 0 Å². The van der Waals surface area contributed by atoms with Crippen LogP contribution in [0.2, 0.25) is 0 Å². The fourth-order valence-corrected chi connectivity index (χ4v) is 1.14. The highest BCUT2D eigenvalue weighted by atomic mass is 127. The molecule has 0 fully saturated rings. The Bertz CT molecular complexity index is 235. The molecule has 0 aliphatic carbocycles. The first kappa shape index (κ1) is 7.65. The number of phenolic OH excluding ortho intramolecular Hbond substituents is 1. The van der Waals surface area contributed by atoms with Crippen molar-refractivity contribution in [3.63, 3.8) is 0 Å². The number of benzene rings is 1. The second-order valence-corrected chi connectivity index (χ2v) is 3.06. The number of rotatable bonds is 1. The lowest BCUT2D eigenvalue weighted by atomic mass is 10.3. The molecule has 1 aromatic rings. The second kappa shape index (κ2) is 3.09. The molecule has 1 rings (SSSR count). The average Bonchev–Trinajstić information content (AvgIpc) is 1.88. The molecular weight excluding hydrogens is 243 g/mol. The topological polar surface area (TPSA) is 29.5 Å². The zero-order valence-electron chi connectivity index (χ0n) is 5.47. The van der Waals surface area contributed by atoms with Crippen LogP contribution in [0.5, 0.6) is 11.5 Å². The highest BCUT2D eigenvalue weighted by Gasteiger charge is 1.98. The van der Waals surface area contributed by atoms with Crippen molar-refractivity contribution in [2.45, 2.75) is 0 Å². The van der Waals surface area contributed by atoms with Gasteiger partial charge in [0.2, 0.25) is 0 Å². The Morgan fingerprint density at radius 3 is 2.70 bits per heavy atom. The molecule has 1 aromatic carbocycles. The summed E-state index contributed by atoms with van der Waals surface area (Å²) in [6.45, 7) is 0. The Hall–Kier alpha value is -0.450. The van der Waals surface area contributed by atoms with E-state index in [1.54, 1.807) is 12.1 Å². The van der Waals surface area contributed by atoms with E-state index in [0.717, 1.165) is 3.57 Å². The van der Waals surface area contributed by atoms with Gasteiger partial charge in [-0.25, -0.2) is 0 Å². The van der Waals surface area contributed by atoms with Gasteiger partial charge in [0.05, 0.1) is 7.11 Å². The van der Waals surface area contributed by atoms with Gasteiger partial charge in [-0.05, 0) is 40.8 Å². The maximum absolute atomic E-state index is 9.16. The first-order valence-electron chi connectivity index (χ1n) is 2.76. The minimum absolute atomic E-state index is 0.189. The normalized spacial score (nSPS) is 9.40. The molecule has 0 amide bonds. The third-order valence-corrected chi connectivity index (χ3v) is 1.81. The summed E-state index contributed by atoms with van der Waals surface area (Å²) in [5, 5.41) is 9.16. The van der Waals surface area contributed by atoms with E-state index < -0.39 is 0 Å². The number of ether oxygens (including phenoxy) is 1. The van der Waals surface area contributed by atoms with E-state index >= 15 is 0 Å². The van der Waals surface area contributed by atoms with Crippen LogP contribution in [0, 0.1) is 3.57 Å². The molecule has 0 radical (unpaired) electrons. The zero-order chi connectivity index (χ0) is 7.56. The molecule has 0 aliphatic rings. The van der Waals surface area contributed by atoms with Gasteiger partial charge in [-0.2, -0.15) is 0 Å². The Balaban J connectivity index is 3.07. The van der Waals surface area contributed by atoms with Crippen LogP contribution < -0.4 is 4.74 Å². The number of aromatic hydroxyl groups is 1. The van der Waals surface area contributed by atoms with Gasteiger partial charge < -0.3 is 9.84 Å². The molecule has 0 aliphatic heterocycles. The van der Waals surface area contributed by atoms with Gasteiger partial charge in [0.1, 0.15) is 0 Å². The Morgan fingerprint density at radius 2 is 2.20 bits per heavy atom. The zero-order valence-corrected chi connectivity index (χ0v) is 7.62. The molecule has 10 heavy (non-hydrogen) atoms. The van der Waals surface area contributed by atoms with Crippen molar-refractivity contribution < 1.29 is 9.84 Å². The van der Waals surface area contributed by atoms with E-state index in [9.17, 15) is 0 Å². The lowest BCUT2D eigenvalue weighted by Crippen LogP contribution is -1.82. The molecule has 0 bridgehead atoms. The number of halogens is 1. The van der Waals surface area contributed by atoms with Gasteiger partial charge in [0, 0.05) is 3.57 Å². The number of phenols is 1. The molecule has 0 saturated carbocycles. The lowest BCUT2D eigenvalue weighted by molar-refractivity contribution is 0.373. The number of hydrogen-bond acceptors (Lipinski definition) is 2. The van der Waals surface area contributed by atoms with Gasteiger partial charge in [0.15, 0.2) is 11.5 Å². The van der Waals surface area contributed by atoms with Crippen molar-refractivity contribution in [1.29, 1.82) is 0 Å². The van der Waals surface area contributed by atoms with Crippen LogP contribution in [-0.2, 0) is 0 Å². The van der Waals surface area contributed by atoms with Gasteiger partial charge in [0.25, 0.3) is 0 Å². The molecular formula is C7H7IO2. The fraction of sp³-hybridized carbons (Fsp3) is 0.143. The van der Waals surface area contributed by atoms with Crippen molar-refractivity contribution in [2.24, 2.45) is 0 Å². The van der Waals surface area contributed by atoms with Gasteiger partial charge in [-0.1, -0.05) is 0 Å². The SMILES string of the molecule is COc1ccc(I)cc1O. The molecule has 2 nitrogen and oxygen atoms in total. The van der Waals surface area contributed by atoms with E-state index in [1.165, 1.54) is 7.11 Å². The van der Waals surface area contributed by atoms with Crippen molar-refractivity contribution >= 4 is 22.6 Å². The van der Waals surface area contributed by atoms with E-state index in [0.29, 0.717) is 5.75 Å². The van der Waals surface area contributed by atoms with Crippen molar-refractivity contribution in [2.75, 3.05) is 7.11 Å². The van der Waals surface area contributed by atoms with E-state index in [-0.39, 0.29) is 5.75 Å².